The minimum atomic E-state index is 0.544. The molecule has 0 unspecified atom stereocenters. The van der Waals surface area contributed by atoms with Crippen LogP contribution in [0.15, 0.2) is 29.3 Å². The van der Waals surface area contributed by atoms with Gasteiger partial charge >= 0.3 is 0 Å². The SMILES string of the molecule is N#Cc1cccc(N=CNO)c1. The first-order valence-corrected chi connectivity index (χ1v) is 3.29. The van der Waals surface area contributed by atoms with Gasteiger partial charge in [0.15, 0.2) is 0 Å². The van der Waals surface area contributed by atoms with Crippen LogP contribution in [-0.2, 0) is 0 Å². The molecule has 0 aliphatic heterocycles. The Balaban J connectivity index is 2.88. The summed E-state index contributed by atoms with van der Waals surface area (Å²) in [6, 6.07) is 8.75. The number of hydroxylamine groups is 1. The van der Waals surface area contributed by atoms with Gasteiger partial charge in [-0.25, -0.2) is 4.99 Å². The molecule has 0 spiro atoms. The summed E-state index contributed by atoms with van der Waals surface area (Å²) in [5.41, 5.74) is 2.94. The third-order valence-electron chi connectivity index (χ3n) is 1.25. The second-order valence-corrected chi connectivity index (χ2v) is 2.05. The average Bonchev–Trinajstić information content (AvgIpc) is 2.15. The lowest BCUT2D eigenvalue weighted by Crippen LogP contribution is -2.00. The number of nitrogens with one attached hydrogen (secondary N) is 1. The maximum Gasteiger partial charge on any atom is 0.113 e. The smallest absolute Gasteiger partial charge is 0.113 e. The molecule has 1 aromatic rings. The van der Waals surface area contributed by atoms with Gasteiger partial charge in [-0.05, 0) is 18.2 Å². The standard InChI is InChI=1S/C8H7N3O/c9-5-7-2-1-3-8(4-7)10-6-11-12/h1-4,6,12H,(H,10,11). The van der Waals surface area contributed by atoms with Crippen LogP contribution in [0.25, 0.3) is 0 Å². The zero-order valence-electron chi connectivity index (χ0n) is 6.23. The fourth-order valence-electron chi connectivity index (χ4n) is 0.759. The number of aliphatic imine (C=N–C) groups is 1. The van der Waals surface area contributed by atoms with Gasteiger partial charge in [0, 0.05) is 0 Å². The molecule has 0 fully saturated rings. The molecule has 0 amide bonds. The predicted molar refractivity (Wildman–Crippen MR) is 44.2 cm³/mol. The van der Waals surface area contributed by atoms with Crippen molar-refractivity contribution in [2.45, 2.75) is 0 Å². The highest BCUT2D eigenvalue weighted by atomic mass is 16.5. The third-order valence-corrected chi connectivity index (χ3v) is 1.25. The van der Waals surface area contributed by atoms with E-state index in [9.17, 15) is 0 Å². The van der Waals surface area contributed by atoms with Gasteiger partial charge in [0.1, 0.15) is 6.34 Å². The maximum atomic E-state index is 8.52. The maximum absolute atomic E-state index is 8.52. The summed E-state index contributed by atoms with van der Waals surface area (Å²) in [5.74, 6) is 0. The first kappa shape index (κ1) is 8.24. The fraction of sp³-hybridized carbons (Fsp3) is 0. The highest BCUT2D eigenvalue weighted by Crippen LogP contribution is 2.11. The van der Waals surface area contributed by atoms with E-state index >= 15 is 0 Å². The first-order chi connectivity index (χ1) is 5.86. The molecule has 4 nitrogen and oxygen atoms in total. The van der Waals surface area contributed by atoms with Crippen LogP contribution in [0.4, 0.5) is 5.69 Å². The van der Waals surface area contributed by atoms with Crippen molar-refractivity contribution in [2.75, 3.05) is 0 Å². The number of rotatable bonds is 2. The molecule has 1 aromatic carbocycles. The average molecular weight is 161 g/mol. The van der Waals surface area contributed by atoms with E-state index in [0.717, 1.165) is 6.34 Å². The van der Waals surface area contributed by atoms with Crippen LogP contribution in [0.3, 0.4) is 0 Å². The number of hydrogen-bond donors (Lipinski definition) is 2. The summed E-state index contributed by atoms with van der Waals surface area (Å²) < 4.78 is 0. The second kappa shape index (κ2) is 4.11. The van der Waals surface area contributed by atoms with Crippen LogP contribution >= 0.6 is 0 Å². The summed E-state index contributed by atoms with van der Waals surface area (Å²) >= 11 is 0. The molecular weight excluding hydrogens is 154 g/mol. The predicted octanol–water partition coefficient (Wildman–Crippen LogP) is 1.20. The Labute approximate surface area is 69.7 Å². The molecule has 2 N–H and O–H groups in total. The molecule has 12 heavy (non-hydrogen) atoms. The largest absolute Gasteiger partial charge is 0.290 e. The molecule has 0 atom stereocenters. The summed E-state index contributed by atoms with van der Waals surface area (Å²) in [4.78, 5) is 3.80. The summed E-state index contributed by atoms with van der Waals surface area (Å²) in [7, 11) is 0. The van der Waals surface area contributed by atoms with Crippen molar-refractivity contribution in [2.24, 2.45) is 4.99 Å². The molecule has 0 heterocycles. The van der Waals surface area contributed by atoms with Gasteiger partial charge in [0.2, 0.25) is 0 Å². The van der Waals surface area contributed by atoms with E-state index in [2.05, 4.69) is 4.99 Å². The monoisotopic (exact) mass is 161 g/mol. The van der Waals surface area contributed by atoms with Crippen molar-refractivity contribution < 1.29 is 5.21 Å². The van der Waals surface area contributed by atoms with Gasteiger partial charge in [-0.15, -0.1) is 0 Å². The third kappa shape index (κ3) is 2.08. The number of benzene rings is 1. The highest BCUT2D eigenvalue weighted by Gasteiger charge is 1.90. The molecule has 0 saturated heterocycles. The Morgan fingerprint density at radius 2 is 2.42 bits per heavy atom. The van der Waals surface area contributed by atoms with Gasteiger partial charge in [0.25, 0.3) is 0 Å². The van der Waals surface area contributed by atoms with Gasteiger partial charge < -0.3 is 0 Å². The van der Waals surface area contributed by atoms with Crippen LogP contribution in [0.1, 0.15) is 5.56 Å². The first-order valence-electron chi connectivity index (χ1n) is 3.29. The minimum Gasteiger partial charge on any atom is -0.290 e. The topological polar surface area (TPSA) is 68.4 Å². The second-order valence-electron chi connectivity index (χ2n) is 2.05. The quantitative estimate of drug-likeness (QED) is 0.389. The Kier molecular flexibility index (Phi) is 2.82. The van der Waals surface area contributed by atoms with E-state index in [1.807, 2.05) is 6.07 Å². The molecule has 0 saturated carbocycles. The van der Waals surface area contributed by atoms with Gasteiger partial charge in [-0.3, -0.25) is 10.7 Å². The van der Waals surface area contributed by atoms with Crippen LogP contribution in [-0.4, -0.2) is 11.5 Å². The lowest BCUT2D eigenvalue weighted by Gasteiger charge is -1.92. The van der Waals surface area contributed by atoms with Crippen LogP contribution in [0.5, 0.6) is 0 Å². The molecule has 0 aromatic heterocycles. The van der Waals surface area contributed by atoms with E-state index in [-0.39, 0.29) is 0 Å². The lowest BCUT2D eigenvalue weighted by atomic mass is 10.2. The van der Waals surface area contributed by atoms with Crippen molar-refractivity contribution >= 4 is 12.0 Å². The van der Waals surface area contributed by atoms with Gasteiger partial charge in [-0.1, -0.05) is 6.07 Å². The zero-order valence-corrected chi connectivity index (χ0v) is 6.23. The van der Waals surface area contributed by atoms with Gasteiger partial charge in [-0.2, -0.15) is 5.26 Å². The molecule has 0 aliphatic carbocycles. The summed E-state index contributed by atoms with van der Waals surface area (Å²) in [5, 5.41) is 16.7. The zero-order chi connectivity index (χ0) is 8.81. The molecular formula is C8H7N3O. The van der Waals surface area contributed by atoms with Crippen molar-refractivity contribution in [1.82, 2.24) is 5.48 Å². The van der Waals surface area contributed by atoms with E-state index in [4.69, 9.17) is 10.5 Å². The van der Waals surface area contributed by atoms with Crippen LogP contribution < -0.4 is 5.48 Å². The molecule has 60 valence electrons. The molecule has 4 heteroatoms. The molecule has 0 bridgehead atoms. The summed E-state index contributed by atoms with van der Waals surface area (Å²) in [6.07, 6.45) is 1.14. The van der Waals surface area contributed by atoms with E-state index in [1.54, 1.807) is 29.7 Å². The van der Waals surface area contributed by atoms with Crippen LogP contribution in [0.2, 0.25) is 0 Å². The van der Waals surface area contributed by atoms with Crippen molar-refractivity contribution in [3.63, 3.8) is 0 Å². The molecule has 1 rings (SSSR count). The van der Waals surface area contributed by atoms with Crippen molar-refractivity contribution in [1.29, 1.82) is 5.26 Å². The normalized spacial score (nSPS) is 9.67. The van der Waals surface area contributed by atoms with E-state index < -0.39 is 0 Å². The Bertz CT molecular complexity index is 327. The summed E-state index contributed by atoms with van der Waals surface area (Å²) in [6.45, 7) is 0. The Morgan fingerprint density at radius 1 is 1.58 bits per heavy atom. The lowest BCUT2D eigenvalue weighted by molar-refractivity contribution is 0.240. The molecule has 0 radical (unpaired) electrons. The van der Waals surface area contributed by atoms with E-state index in [1.165, 1.54) is 0 Å². The molecule has 0 aliphatic rings. The van der Waals surface area contributed by atoms with Crippen LogP contribution in [0, 0.1) is 11.3 Å². The highest BCUT2D eigenvalue weighted by molar-refractivity contribution is 5.60. The number of hydrogen-bond acceptors (Lipinski definition) is 3. The van der Waals surface area contributed by atoms with Crippen molar-refractivity contribution in [3.05, 3.63) is 29.8 Å². The Morgan fingerprint density at radius 3 is 3.08 bits per heavy atom. The fourth-order valence-corrected chi connectivity index (χ4v) is 0.759. The van der Waals surface area contributed by atoms with Gasteiger partial charge in [0.05, 0.1) is 17.3 Å². The minimum absolute atomic E-state index is 0.544. The Hall–Kier alpha value is -1.86. The number of nitrogens with zero attached hydrogens (tertiary/aromatic N) is 2. The number of nitriles is 1. The van der Waals surface area contributed by atoms with E-state index in [0.29, 0.717) is 11.3 Å². The van der Waals surface area contributed by atoms with Crippen molar-refractivity contribution in [3.8, 4) is 6.07 Å².